The maximum absolute atomic E-state index is 9.57. The lowest BCUT2D eigenvalue weighted by molar-refractivity contribution is 0.475. The molecule has 22 heavy (non-hydrogen) atoms. The third kappa shape index (κ3) is 2.89. The lowest BCUT2D eigenvalue weighted by Gasteiger charge is -2.21. The van der Waals surface area contributed by atoms with E-state index < -0.39 is 0 Å². The highest BCUT2D eigenvalue weighted by Gasteiger charge is 2.18. The first-order valence-electron chi connectivity index (χ1n) is 7.56. The third-order valence-corrected chi connectivity index (χ3v) is 4.10. The van der Waals surface area contributed by atoms with Crippen molar-refractivity contribution in [1.82, 2.24) is 0 Å². The van der Waals surface area contributed by atoms with Crippen molar-refractivity contribution in [2.75, 3.05) is 0 Å². The van der Waals surface area contributed by atoms with Gasteiger partial charge in [0.25, 0.3) is 0 Å². The average molecular weight is 288 g/mol. The molecule has 0 heterocycles. The van der Waals surface area contributed by atoms with Gasteiger partial charge in [0, 0.05) is 5.92 Å². The molecule has 1 heteroatoms. The summed E-state index contributed by atoms with van der Waals surface area (Å²) < 4.78 is 0. The van der Waals surface area contributed by atoms with E-state index in [1.54, 1.807) is 12.1 Å². The van der Waals surface area contributed by atoms with Crippen LogP contribution in [-0.4, -0.2) is 5.11 Å². The molecule has 0 aromatic heterocycles. The Labute approximate surface area is 131 Å². The molecule has 0 spiro atoms. The molecule has 0 aliphatic rings. The van der Waals surface area contributed by atoms with Crippen LogP contribution in [0.4, 0.5) is 0 Å². The van der Waals surface area contributed by atoms with Crippen molar-refractivity contribution >= 4 is 0 Å². The predicted octanol–water partition coefficient (Wildman–Crippen LogP) is 5.19. The zero-order valence-corrected chi connectivity index (χ0v) is 13.0. The fourth-order valence-electron chi connectivity index (χ4n) is 3.01. The van der Waals surface area contributed by atoms with Gasteiger partial charge in [0.1, 0.15) is 5.75 Å². The van der Waals surface area contributed by atoms with Crippen LogP contribution in [0, 0.1) is 13.8 Å². The first kappa shape index (κ1) is 14.4. The minimum atomic E-state index is 0.183. The number of hydrogen-bond acceptors (Lipinski definition) is 1. The van der Waals surface area contributed by atoms with Crippen LogP contribution in [-0.2, 0) is 0 Å². The quantitative estimate of drug-likeness (QED) is 0.658. The zero-order valence-electron chi connectivity index (χ0n) is 13.0. The minimum absolute atomic E-state index is 0.183. The molecule has 1 N–H and O–H groups in total. The lowest BCUT2D eigenvalue weighted by Crippen LogP contribution is -2.05. The van der Waals surface area contributed by atoms with E-state index in [2.05, 4.69) is 56.3 Å². The Kier molecular flexibility index (Phi) is 3.97. The van der Waals surface area contributed by atoms with Gasteiger partial charge in [-0.15, -0.1) is 0 Å². The molecule has 1 atom stereocenters. The van der Waals surface area contributed by atoms with E-state index in [0.29, 0.717) is 5.75 Å². The van der Waals surface area contributed by atoms with Crippen molar-refractivity contribution in [3.8, 4) is 5.75 Å². The van der Waals surface area contributed by atoms with Crippen LogP contribution in [0.2, 0.25) is 0 Å². The van der Waals surface area contributed by atoms with E-state index in [4.69, 9.17) is 0 Å². The van der Waals surface area contributed by atoms with Crippen LogP contribution in [0.3, 0.4) is 0 Å². The van der Waals surface area contributed by atoms with Crippen molar-refractivity contribution < 1.29 is 5.11 Å². The summed E-state index contributed by atoms with van der Waals surface area (Å²) in [4.78, 5) is 0. The second-order valence-corrected chi connectivity index (χ2v) is 5.80. The highest BCUT2D eigenvalue weighted by atomic mass is 16.3. The first-order valence-corrected chi connectivity index (χ1v) is 7.56. The number of phenolic OH excluding ortho intramolecular Hbond substituents is 1. The van der Waals surface area contributed by atoms with Crippen molar-refractivity contribution in [3.63, 3.8) is 0 Å². The molecule has 0 amide bonds. The minimum Gasteiger partial charge on any atom is -0.508 e. The first-order chi connectivity index (χ1) is 10.6. The molecule has 110 valence electrons. The second-order valence-electron chi connectivity index (χ2n) is 5.80. The molecule has 0 saturated carbocycles. The van der Waals surface area contributed by atoms with E-state index in [0.717, 1.165) is 0 Å². The van der Waals surface area contributed by atoms with Crippen LogP contribution < -0.4 is 0 Å². The van der Waals surface area contributed by atoms with Crippen LogP contribution in [0.25, 0.3) is 0 Å². The Bertz CT molecular complexity index is 758. The molecule has 0 bridgehead atoms. The number of benzene rings is 3. The third-order valence-electron chi connectivity index (χ3n) is 4.10. The van der Waals surface area contributed by atoms with Crippen LogP contribution in [0.15, 0.2) is 72.8 Å². The summed E-state index contributed by atoms with van der Waals surface area (Å²) in [6.45, 7) is 4.29. The van der Waals surface area contributed by atoms with Crippen molar-refractivity contribution in [1.29, 1.82) is 0 Å². The summed E-state index contributed by atoms with van der Waals surface area (Å²) in [5.41, 5.74) is 6.33. The summed E-state index contributed by atoms with van der Waals surface area (Å²) >= 11 is 0. The number of hydrogen-bond donors (Lipinski definition) is 1. The van der Waals surface area contributed by atoms with Gasteiger partial charge in [-0.05, 0) is 48.2 Å². The summed E-state index contributed by atoms with van der Waals surface area (Å²) in [5.74, 6) is 0.485. The number of aryl methyl sites for hydroxylation is 2. The summed E-state index contributed by atoms with van der Waals surface area (Å²) in [7, 11) is 0. The van der Waals surface area contributed by atoms with Gasteiger partial charge < -0.3 is 5.11 Å². The molecule has 3 aromatic carbocycles. The van der Waals surface area contributed by atoms with Gasteiger partial charge in [-0.25, -0.2) is 0 Å². The smallest absolute Gasteiger partial charge is 0.115 e. The fraction of sp³-hybridized carbons (Fsp3) is 0.143. The van der Waals surface area contributed by atoms with Crippen molar-refractivity contribution in [2.45, 2.75) is 19.8 Å². The van der Waals surface area contributed by atoms with E-state index in [1.165, 1.54) is 27.8 Å². The van der Waals surface area contributed by atoms with E-state index in [1.807, 2.05) is 18.2 Å². The molecule has 0 aliphatic carbocycles. The van der Waals surface area contributed by atoms with Crippen molar-refractivity contribution in [2.24, 2.45) is 0 Å². The van der Waals surface area contributed by atoms with Gasteiger partial charge in [-0.3, -0.25) is 0 Å². The lowest BCUT2D eigenvalue weighted by atomic mass is 9.83. The molecule has 1 nitrogen and oxygen atoms in total. The standard InChI is InChI=1S/C21H20O/c1-15-8-13-20(16(2)14-15)21(17-6-4-3-5-7-17)18-9-11-19(22)12-10-18/h3-14,21-22H,1-2H3. The number of phenols is 1. The molecule has 1 unspecified atom stereocenters. The Morgan fingerprint density at radius 1 is 0.727 bits per heavy atom. The normalized spacial score (nSPS) is 12.1. The molecule has 0 saturated heterocycles. The molecule has 3 aromatic rings. The van der Waals surface area contributed by atoms with Gasteiger partial charge in [0.05, 0.1) is 0 Å². The SMILES string of the molecule is Cc1ccc(C(c2ccccc2)c2ccc(O)cc2)c(C)c1. The highest BCUT2D eigenvalue weighted by molar-refractivity contribution is 5.47. The van der Waals surface area contributed by atoms with Gasteiger partial charge in [-0.1, -0.05) is 66.2 Å². The molecule has 0 aliphatic heterocycles. The topological polar surface area (TPSA) is 20.2 Å². The van der Waals surface area contributed by atoms with Gasteiger partial charge >= 0.3 is 0 Å². The van der Waals surface area contributed by atoms with E-state index in [9.17, 15) is 5.11 Å². The highest BCUT2D eigenvalue weighted by Crippen LogP contribution is 2.34. The van der Waals surface area contributed by atoms with Crippen LogP contribution >= 0.6 is 0 Å². The zero-order chi connectivity index (χ0) is 15.5. The molecule has 0 radical (unpaired) electrons. The monoisotopic (exact) mass is 288 g/mol. The largest absolute Gasteiger partial charge is 0.508 e. The fourth-order valence-corrected chi connectivity index (χ4v) is 3.01. The Balaban J connectivity index is 2.17. The van der Waals surface area contributed by atoms with Crippen molar-refractivity contribution in [3.05, 3.63) is 101 Å². The number of rotatable bonds is 3. The molecule has 0 fully saturated rings. The molecular formula is C21H20O. The maximum atomic E-state index is 9.57. The summed E-state index contributed by atoms with van der Waals surface area (Å²) in [6.07, 6.45) is 0. The van der Waals surface area contributed by atoms with Crippen LogP contribution in [0.5, 0.6) is 5.75 Å². The Morgan fingerprint density at radius 2 is 1.36 bits per heavy atom. The summed E-state index contributed by atoms with van der Waals surface area (Å²) in [6, 6.07) is 24.7. The Hall–Kier alpha value is -2.54. The van der Waals surface area contributed by atoms with E-state index in [-0.39, 0.29) is 5.92 Å². The average Bonchev–Trinajstić information content (AvgIpc) is 2.52. The maximum Gasteiger partial charge on any atom is 0.115 e. The summed E-state index contributed by atoms with van der Waals surface area (Å²) in [5, 5.41) is 9.57. The molecule has 3 rings (SSSR count). The molecular weight excluding hydrogens is 268 g/mol. The second kappa shape index (κ2) is 6.07. The van der Waals surface area contributed by atoms with Gasteiger partial charge in [0.2, 0.25) is 0 Å². The van der Waals surface area contributed by atoms with Gasteiger partial charge in [0.15, 0.2) is 0 Å². The predicted molar refractivity (Wildman–Crippen MR) is 91.4 cm³/mol. The van der Waals surface area contributed by atoms with E-state index >= 15 is 0 Å². The van der Waals surface area contributed by atoms with Gasteiger partial charge in [-0.2, -0.15) is 0 Å². The Morgan fingerprint density at radius 3 is 2.00 bits per heavy atom. The number of aromatic hydroxyl groups is 1. The van der Waals surface area contributed by atoms with Crippen LogP contribution in [0.1, 0.15) is 33.7 Å².